The Morgan fingerprint density at radius 3 is 2.71 bits per heavy atom. The molecule has 21 heavy (non-hydrogen) atoms. The molecule has 6 heteroatoms. The van der Waals surface area contributed by atoms with E-state index < -0.39 is 0 Å². The number of nitrogens with zero attached hydrogens (tertiary/aromatic N) is 1. The molecule has 0 unspecified atom stereocenters. The van der Waals surface area contributed by atoms with Crippen LogP contribution in [0.3, 0.4) is 0 Å². The Balaban J connectivity index is 1.89. The van der Waals surface area contributed by atoms with E-state index in [2.05, 4.69) is 0 Å². The van der Waals surface area contributed by atoms with Crippen molar-refractivity contribution in [2.75, 3.05) is 13.1 Å². The predicted octanol–water partition coefficient (Wildman–Crippen LogP) is 2.65. The van der Waals surface area contributed by atoms with Crippen molar-refractivity contribution in [3.05, 3.63) is 33.8 Å². The van der Waals surface area contributed by atoms with E-state index in [4.69, 9.17) is 28.9 Å². The quantitative estimate of drug-likeness (QED) is 0.923. The van der Waals surface area contributed by atoms with Crippen LogP contribution in [0.5, 0.6) is 0 Å². The van der Waals surface area contributed by atoms with Gasteiger partial charge in [0, 0.05) is 19.5 Å². The fourth-order valence-corrected chi connectivity index (χ4v) is 2.86. The van der Waals surface area contributed by atoms with Crippen LogP contribution in [-0.4, -0.2) is 29.8 Å². The number of nitrogens with two attached hydrogens (primary N) is 1. The number of piperidine rings is 1. The summed E-state index contributed by atoms with van der Waals surface area (Å²) in [5, 5.41) is 1.00. The van der Waals surface area contributed by atoms with Crippen molar-refractivity contribution in [3.8, 4) is 0 Å². The molecule has 0 aliphatic carbocycles. The summed E-state index contributed by atoms with van der Waals surface area (Å²) >= 11 is 11.8. The fourth-order valence-electron chi connectivity index (χ4n) is 2.54. The minimum atomic E-state index is -0.322. The van der Waals surface area contributed by atoms with Crippen LogP contribution in [0.2, 0.25) is 10.0 Å². The van der Waals surface area contributed by atoms with E-state index >= 15 is 0 Å². The Morgan fingerprint density at radius 1 is 1.29 bits per heavy atom. The first-order valence-electron chi connectivity index (χ1n) is 6.98. The lowest BCUT2D eigenvalue weighted by Gasteiger charge is -2.31. The van der Waals surface area contributed by atoms with Crippen molar-refractivity contribution in [1.29, 1.82) is 0 Å². The summed E-state index contributed by atoms with van der Waals surface area (Å²) in [4.78, 5) is 25.2. The molecule has 0 spiro atoms. The highest BCUT2D eigenvalue weighted by Gasteiger charge is 2.26. The van der Waals surface area contributed by atoms with Gasteiger partial charge in [-0.2, -0.15) is 0 Å². The third-order valence-electron chi connectivity index (χ3n) is 3.79. The van der Waals surface area contributed by atoms with Gasteiger partial charge in [-0.1, -0.05) is 29.3 Å². The van der Waals surface area contributed by atoms with Crippen molar-refractivity contribution in [2.45, 2.75) is 25.7 Å². The van der Waals surface area contributed by atoms with Gasteiger partial charge in [0.2, 0.25) is 11.8 Å². The van der Waals surface area contributed by atoms with Crippen LogP contribution in [0.15, 0.2) is 18.2 Å². The zero-order valence-corrected chi connectivity index (χ0v) is 13.2. The fraction of sp³-hybridized carbons (Fsp3) is 0.467. The van der Waals surface area contributed by atoms with Crippen molar-refractivity contribution in [2.24, 2.45) is 11.7 Å². The molecule has 0 saturated carbocycles. The average Bonchev–Trinajstić information content (AvgIpc) is 2.48. The van der Waals surface area contributed by atoms with Gasteiger partial charge in [-0.05, 0) is 37.0 Å². The molecular weight excluding hydrogens is 311 g/mol. The van der Waals surface area contributed by atoms with Crippen molar-refractivity contribution >= 4 is 35.0 Å². The van der Waals surface area contributed by atoms with Crippen LogP contribution in [0.1, 0.15) is 24.8 Å². The van der Waals surface area contributed by atoms with Crippen molar-refractivity contribution in [3.63, 3.8) is 0 Å². The summed E-state index contributed by atoms with van der Waals surface area (Å²) in [5.41, 5.74) is 6.29. The number of benzene rings is 1. The van der Waals surface area contributed by atoms with Crippen LogP contribution in [0.25, 0.3) is 0 Å². The molecule has 1 heterocycles. The number of likely N-dealkylation sites (tertiary alicyclic amines) is 1. The molecule has 1 aromatic carbocycles. The predicted molar refractivity (Wildman–Crippen MR) is 83.3 cm³/mol. The maximum absolute atomic E-state index is 12.2. The number of hydrogen-bond donors (Lipinski definition) is 1. The molecule has 0 bridgehead atoms. The first-order chi connectivity index (χ1) is 9.97. The zero-order valence-electron chi connectivity index (χ0n) is 11.6. The Hall–Kier alpha value is -1.26. The van der Waals surface area contributed by atoms with E-state index in [0.717, 1.165) is 18.4 Å². The summed E-state index contributed by atoms with van der Waals surface area (Å²) in [7, 11) is 0. The highest BCUT2D eigenvalue weighted by Crippen LogP contribution is 2.23. The number of halogens is 2. The molecule has 2 rings (SSSR count). The molecule has 114 valence electrons. The van der Waals surface area contributed by atoms with Gasteiger partial charge in [0.25, 0.3) is 0 Å². The SMILES string of the molecule is NC(=O)[C@H]1CCCN(C(=O)CCc2ccc(Cl)c(Cl)c2)C1. The zero-order chi connectivity index (χ0) is 15.4. The van der Waals surface area contributed by atoms with Gasteiger partial charge >= 0.3 is 0 Å². The number of hydrogen-bond acceptors (Lipinski definition) is 2. The average molecular weight is 329 g/mol. The number of amides is 2. The van der Waals surface area contributed by atoms with Gasteiger partial charge in [0.15, 0.2) is 0 Å². The molecule has 1 saturated heterocycles. The van der Waals surface area contributed by atoms with E-state index in [-0.39, 0.29) is 17.7 Å². The molecule has 0 aromatic heterocycles. The lowest BCUT2D eigenvalue weighted by Crippen LogP contribution is -2.44. The van der Waals surface area contributed by atoms with Gasteiger partial charge in [0.1, 0.15) is 0 Å². The normalized spacial score (nSPS) is 18.6. The molecule has 0 radical (unpaired) electrons. The third-order valence-corrected chi connectivity index (χ3v) is 4.53. The first-order valence-corrected chi connectivity index (χ1v) is 7.74. The van der Waals surface area contributed by atoms with E-state index in [1.54, 1.807) is 17.0 Å². The smallest absolute Gasteiger partial charge is 0.222 e. The number of rotatable bonds is 4. The molecule has 2 N–H and O–H groups in total. The second-order valence-electron chi connectivity index (χ2n) is 5.33. The minimum Gasteiger partial charge on any atom is -0.369 e. The van der Waals surface area contributed by atoms with Gasteiger partial charge in [-0.15, -0.1) is 0 Å². The van der Waals surface area contributed by atoms with Gasteiger partial charge in [0.05, 0.1) is 16.0 Å². The molecule has 2 amide bonds. The molecule has 1 aromatic rings. The molecule has 1 atom stereocenters. The van der Waals surface area contributed by atoms with Gasteiger partial charge in [-0.25, -0.2) is 0 Å². The number of carbonyl (C=O) groups excluding carboxylic acids is 2. The highest BCUT2D eigenvalue weighted by atomic mass is 35.5. The second-order valence-corrected chi connectivity index (χ2v) is 6.14. The summed E-state index contributed by atoms with van der Waals surface area (Å²) < 4.78 is 0. The Kier molecular flexibility index (Phi) is 5.48. The van der Waals surface area contributed by atoms with Crippen LogP contribution in [0, 0.1) is 5.92 Å². The van der Waals surface area contributed by atoms with Gasteiger partial charge in [-0.3, -0.25) is 9.59 Å². The third kappa shape index (κ3) is 4.35. The number of aryl methyl sites for hydroxylation is 1. The van der Waals surface area contributed by atoms with Crippen LogP contribution in [0.4, 0.5) is 0 Å². The molecular formula is C15H18Cl2N2O2. The van der Waals surface area contributed by atoms with Gasteiger partial charge < -0.3 is 10.6 Å². The Labute approximate surface area is 134 Å². The lowest BCUT2D eigenvalue weighted by atomic mass is 9.97. The first kappa shape index (κ1) is 16.1. The van der Waals surface area contributed by atoms with E-state index in [1.807, 2.05) is 6.07 Å². The van der Waals surface area contributed by atoms with Crippen LogP contribution in [-0.2, 0) is 16.0 Å². The molecule has 1 aliphatic rings. The van der Waals surface area contributed by atoms with E-state index in [9.17, 15) is 9.59 Å². The standard InChI is InChI=1S/C15H18Cl2N2O2/c16-12-5-3-10(8-13(12)17)4-6-14(20)19-7-1-2-11(9-19)15(18)21/h3,5,8,11H,1-2,4,6-7,9H2,(H2,18,21)/t11-/m0/s1. The Bertz CT molecular complexity index is 548. The molecule has 4 nitrogen and oxygen atoms in total. The minimum absolute atomic E-state index is 0.0482. The van der Waals surface area contributed by atoms with Crippen LogP contribution < -0.4 is 5.73 Å². The summed E-state index contributed by atoms with van der Waals surface area (Å²) in [5.74, 6) is -0.489. The Morgan fingerprint density at radius 2 is 2.05 bits per heavy atom. The number of primary amides is 1. The van der Waals surface area contributed by atoms with E-state index in [0.29, 0.717) is 36.0 Å². The van der Waals surface area contributed by atoms with E-state index in [1.165, 1.54) is 0 Å². The molecule has 1 aliphatic heterocycles. The maximum Gasteiger partial charge on any atom is 0.222 e. The summed E-state index contributed by atoms with van der Waals surface area (Å²) in [6.45, 7) is 1.14. The lowest BCUT2D eigenvalue weighted by molar-refractivity contribution is -0.134. The van der Waals surface area contributed by atoms with Crippen molar-refractivity contribution < 1.29 is 9.59 Å². The maximum atomic E-state index is 12.2. The summed E-state index contributed by atoms with van der Waals surface area (Å²) in [6.07, 6.45) is 2.59. The second kappa shape index (κ2) is 7.14. The summed E-state index contributed by atoms with van der Waals surface area (Å²) in [6, 6.07) is 5.37. The van der Waals surface area contributed by atoms with Crippen LogP contribution >= 0.6 is 23.2 Å². The highest BCUT2D eigenvalue weighted by molar-refractivity contribution is 6.42. The molecule has 1 fully saturated rings. The monoisotopic (exact) mass is 328 g/mol. The van der Waals surface area contributed by atoms with Crippen molar-refractivity contribution in [1.82, 2.24) is 4.90 Å². The largest absolute Gasteiger partial charge is 0.369 e. The topological polar surface area (TPSA) is 63.4 Å². The number of carbonyl (C=O) groups is 2.